The highest BCUT2D eigenvalue weighted by atomic mass is 16.6. The van der Waals surface area contributed by atoms with Gasteiger partial charge in [-0.2, -0.15) is 0 Å². The maximum absolute atomic E-state index is 11.7. The van der Waals surface area contributed by atoms with Crippen LogP contribution < -0.4 is 5.73 Å². The molecule has 0 spiro atoms. The summed E-state index contributed by atoms with van der Waals surface area (Å²) in [7, 11) is 1.67. The first-order valence-corrected chi connectivity index (χ1v) is 5.77. The first kappa shape index (κ1) is 13.5. The Morgan fingerprint density at radius 3 is 2.53 bits per heavy atom. The zero-order valence-electron chi connectivity index (χ0n) is 11.1. The van der Waals surface area contributed by atoms with Crippen LogP contribution >= 0.6 is 0 Å². The van der Waals surface area contributed by atoms with Crippen molar-refractivity contribution in [3.8, 4) is 0 Å². The molecule has 0 aliphatic carbocycles. The number of nitrogens with two attached hydrogens (primary N) is 1. The summed E-state index contributed by atoms with van der Waals surface area (Å²) in [5.74, 6) is 0. The van der Waals surface area contributed by atoms with Crippen molar-refractivity contribution in [2.45, 2.75) is 45.9 Å². The molecule has 0 aromatic rings. The molecule has 1 rings (SSSR count). The molecule has 2 N–H and O–H groups in total. The minimum atomic E-state index is -0.339. The van der Waals surface area contributed by atoms with E-state index in [1.54, 1.807) is 24.9 Å². The van der Waals surface area contributed by atoms with E-state index in [4.69, 9.17) is 10.5 Å². The Hall–Kier alpha value is -1.52. The lowest BCUT2D eigenvalue weighted by molar-refractivity contribution is 0.144. The third-order valence-corrected chi connectivity index (χ3v) is 2.80. The summed E-state index contributed by atoms with van der Waals surface area (Å²) in [6.45, 7) is 7.67. The van der Waals surface area contributed by atoms with Crippen LogP contribution in [-0.4, -0.2) is 41.9 Å². The number of carbonyl (C=O) groups excluding carboxylic acids is 1. The summed E-state index contributed by atoms with van der Waals surface area (Å²) in [6, 6.07) is 0.0837. The van der Waals surface area contributed by atoms with Crippen molar-refractivity contribution in [1.29, 1.82) is 0 Å². The summed E-state index contributed by atoms with van der Waals surface area (Å²) in [5, 5.41) is 0. The van der Waals surface area contributed by atoms with Crippen LogP contribution in [0.1, 0.15) is 27.7 Å². The molecule has 0 bridgehead atoms. The quantitative estimate of drug-likeness (QED) is 0.759. The van der Waals surface area contributed by atoms with Crippen molar-refractivity contribution in [3.05, 3.63) is 11.8 Å². The Balaban J connectivity index is 2.95. The van der Waals surface area contributed by atoms with Gasteiger partial charge in [0.1, 0.15) is 0 Å². The van der Waals surface area contributed by atoms with Crippen molar-refractivity contribution >= 4 is 11.8 Å². The molecule has 0 aromatic heterocycles. The lowest BCUT2D eigenvalue weighted by Crippen LogP contribution is -2.41. The van der Waals surface area contributed by atoms with Gasteiger partial charge in [-0.1, -0.05) is 0 Å². The number of hydrogen-bond acceptors (Lipinski definition) is 4. The number of nitrogens with zero attached hydrogens (tertiary/aromatic N) is 2. The molecular formula is C12H21N3O2. The van der Waals surface area contributed by atoms with E-state index in [0.29, 0.717) is 11.4 Å². The molecule has 17 heavy (non-hydrogen) atoms. The van der Waals surface area contributed by atoms with Gasteiger partial charge in [0.05, 0.1) is 11.8 Å². The van der Waals surface area contributed by atoms with E-state index in [-0.39, 0.29) is 24.3 Å². The number of amides is 1. The number of hydrogen-bond donors (Lipinski definition) is 1. The van der Waals surface area contributed by atoms with Crippen LogP contribution in [0.25, 0.3) is 0 Å². The van der Waals surface area contributed by atoms with Crippen LogP contribution in [-0.2, 0) is 4.74 Å². The third kappa shape index (κ3) is 2.78. The van der Waals surface area contributed by atoms with E-state index in [2.05, 4.69) is 4.99 Å². The Morgan fingerprint density at radius 1 is 1.59 bits per heavy atom. The molecule has 5 nitrogen and oxygen atoms in total. The topological polar surface area (TPSA) is 67.9 Å². The molecule has 0 radical (unpaired) electrons. The van der Waals surface area contributed by atoms with Crippen molar-refractivity contribution in [1.82, 2.24) is 4.90 Å². The number of ether oxygens (including phenoxy) is 1. The average Bonchev–Trinajstić information content (AvgIpc) is 2.50. The summed E-state index contributed by atoms with van der Waals surface area (Å²) in [5.41, 5.74) is 6.99. The highest BCUT2D eigenvalue weighted by Gasteiger charge is 2.41. The van der Waals surface area contributed by atoms with Crippen molar-refractivity contribution in [2.24, 2.45) is 10.7 Å². The van der Waals surface area contributed by atoms with Crippen molar-refractivity contribution in [3.63, 3.8) is 0 Å². The highest BCUT2D eigenvalue weighted by molar-refractivity contribution is 6.01. The van der Waals surface area contributed by atoms with Crippen molar-refractivity contribution < 1.29 is 9.53 Å². The zero-order chi connectivity index (χ0) is 13.2. The summed E-state index contributed by atoms with van der Waals surface area (Å²) < 4.78 is 5.36. The molecule has 2 atom stereocenters. The Bertz CT molecular complexity index is 357. The first-order valence-electron chi connectivity index (χ1n) is 5.77. The SMILES string of the molecule is CN=C(C=C(C)N)[C@H]1OC(=O)N(C(C)C)[C@H]1C. The fraction of sp³-hybridized carbons (Fsp3) is 0.667. The molecule has 0 unspecified atom stereocenters. The number of allylic oxidation sites excluding steroid dienone is 1. The molecular weight excluding hydrogens is 218 g/mol. The molecule has 0 saturated carbocycles. The highest BCUT2D eigenvalue weighted by Crippen LogP contribution is 2.23. The predicted molar refractivity (Wildman–Crippen MR) is 68.0 cm³/mol. The second-order valence-electron chi connectivity index (χ2n) is 4.58. The molecule has 1 fully saturated rings. The van der Waals surface area contributed by atoms with E-state index in [1.165, 1.54) is 0 Å². The third-order valence-electron chi connectivity index (χ3n) is 2.80. The standard InChI is InChI=1S/C12H21N3O2/c1-7(2)15-9(4)11(17-12(15)16)10(14-5)6-8(3)13/h6-7,9,11H,13H2,1-5H3/t9-,11-/m0/s1. The van der Waals surface area contributed by atoms with Crippen LogP contribution in [0.3, 0.4) is 0 Å². The van der Waals surface area contributed by atoms with Gasteiger partial charge in [-0.25, -0.2) is 4.79 Å². The van der Waals surface area contributed by atoms with Gasteiger partial charge in [-0.3, -0.25) is 9.89 Å². The predicted octanol–water partition coefficient (Wildman–Crippen LogP) is 1.54. The van der Waals surface area contributed by atoms with E-state index >= 15 is 0 Å². The Kier molecular flexibility index (Phi) is 4.15. The minimum absolute atomic E-state index is 0.0307. The number of carbonyl (C=O) groups is 1. The van der Waals surface area contributed by atoms with Gasteiger partial charge in [-0.05, 0) is 33.8 Å². The maximum Gasteiger partial charge on any atom is 0.411 e. The molecule has 96 valence electrons. The van der Waals surface area contributed by atoms with Crippen LogP contribution in [0, 0.1) is 0 Å². The van der Waals surface area contributed by atoms with Crippen LogP contribution in [0.5, 0.6) is 0 Å². The Labute approximate surface area is 102 Å². The van der Waals surface area contributed by atoms with Gasteiger partial charge in [0.25, 0.3) is 0 Å². The second-order valence-corrected chi connectivity index (χ2v) is 4.58. The minimum Gasteiger partial charge on any atom is -0.437 e. The van der Waals surface area contributed by atoms with Crippen molar-refractivity contribution in [2.75, 3.05) is 7.05 Å². The first-order chi connectivity index (χ1) is 7.88. The second kappa shape index (κ2) is 5.21. The lowest BCUT2D eigenvalue weighted by atomic mass is 10.1. The van der Waals surface area contributed by atoms with Gasteiger partial charge < -0.3 is 10.5 Å². The summed E-state index contributed by atoms with van der Waals surface area (Å²) in [4.78, 5) is 17.6. The van der Waals surface area contributed by atoms with E-state index in [0.717, 1.165) is 0 Å². The number of aliphatic imine (C=N–C) groups is 1. The Morgan fingerprint density at radius 2 is 2.18 bits per heavy atom. The maximum atomic E-state index is 11.7. The number of rotatable bonds is 3. The monoisotopic (exact) mass is 239 g/mol. The number of cyclic esters (lactones) is 1. The molecule has 1 aliphatic rings. The largest absolute Gasteiger partial charge is 0.437 e. The van der Waals surface area contributed by atoms with Crippen LogP contribution in [0.4, 0.5) is 4.79 Å². The van der Waals surface area contributed by atoms with Gasteiger partial charge in [-0.15, -0.1) is 0 Å². The smallest absolute Gasteiger partial charge is 0.411 e. The summed E-state index contributed by atoms with van der Waals surface area (Å²) >= 11 is 0. The fourth-order valence-electron chi connectivity index (χ4n) is 2.08. The van der Waals surface area contributed by atoms with Gasteiger partial charge >= 0.3 is 6.09 Å². The van der Waals surface area contributed by atoms with Crippen LogP contribution in [0.15, 0.2) is 16.8 Å². The van der Waals surface area contributed by atoms with Gasteiger partial charge in [0.15, 0.2) is 6.10 Å². The molecule has 1 aliphatic heterocycles. The van der Waals surface area contributed by atoms with Crippen LogP contribution in [0.2, 0.25) is 0 Å². The molecule has 1 saturated heterocycles. The zero-order valence-corrected chi connectivity index (χ0v) is 11.1. The summed E-state index contributed by atoms with van der Waals surface area (Å²) in [6.07, 6.45) is 1.12. The molecule has 5 heteroatoms. The lowest BCUT2D eigenvalue weighted by Gasteiger charge is -2.24. The van der Waals surface area contributed by atoms with E-state index in [9.17, 15) is 4.79 Å². The normalized spacial score (nSPS) is 26.7. The van der Waals surface area contributed by atoms with Gasteiger partial charge in [0, 0.05) is 18.8 Å². The molecule has 0 aromatic carbocycles. The average molecular weight is 239 g/mol. The fourth-order valence-corrected chi connectivity index (χ4v) is 2.08. The van der Waals surface area contributed by atoms with E-state index in [1.807, 2.05) is 20.8 Å². The van der Waals surface area contributed by atoms with E-state index < -0.39 is 0 Å². The molecule has 1 heterocycles. The molecule has 1 amide bonds. The van der Waals surface area contributed by atoms with Gasteiger partial charge in [0.2, 0.25) is 0 Å².